The molecule has 2 unspecified atom stereocenters. The van der Waals surface area contributed by atoms with Gasteiger partial charge < -0.3 is 21.1 Å². The Bertz CT molecular complexity index is 515. The van der Waals surface area contributed by atoms with Crippen LogP contribution in [-0.2, 0) is 4.79 Å². The maximum atomic E-state index is 12.0. The van der Waals surface area contributed by atoms with Crippen LogP contribution in [-0.4, -0.2) is 47.6 Å². The summed E-state index contributed by atoms with van der Waals surface area (Å²) < 4.78 is 0. The molecule has 21 heavy (non-hydrogen) atoms. The van der Waals surface area contributed by atoms with Gasteiger partial charge in [-0.3, -0.25) is 9.59 Å². The molecule has 0 aromatic heterocycles. The molecule has 1 aromatic carbocycles. The Labute approximate surface area is 123 Å². The van der Waals surface area contributed by atoms with Crippen LogP contribution in [0.25, 0.3) is 0 Å². The molecule has 2 amide bonds. The van der Waals surface area contributed by atoms with Gasteiger partial charge in [-0.1, -0.05) is 6.92 Å². The van der Waals surface area contributed by atoms with Gasteiger partial charge in [0.2, 0.25) is 5.91 Å². The van der Waals surface area contributed by atoms with E-state index in [0.717, 1.165) is 0 Å². The number of hydrogen-bond donors (Lipinski definition) is 3. The average molecular weight is 291 g/mol. The first kappa shape index (κ1) is 15.3. The van der Waals surface area contributed by atoms with Crippen LogP contribution in [0.3, 0.4) is 0 Å². The Morgan fingerprint density at radius 1 is 1.38 bits per heavy atom. The van der Waals surface area contributed by atoms with Crippen LogP contribution in [0.2, 0.25) is 0 Å². The Morgan fingerprint density at radius 3 is 2.67 bits per heavy atom. The number of carbonyl (C=O) groups excluding carboxylic acids is 2. The van der Waals surface area contributed by atoms with Gasteiger partial charge in [-0.2, -0.15) is 0 Å². The van der Waals surface area contributed by atoms with Crippen LogP contribution in [0.4, 0.5) is 5.69 Å². The molecule has 2 rings (SSSR count). The number of amides is 2. The Hall–Kier alpha value is -2.08. The lowest BCUT2D eigenvalue weighted by atomic mass is 9.97. The zero-order valence-electron chi connectivity index (χ0n) is 12.1. The van der Waals surface area contributed by atoms with Crippen molar-refractivity contribution in [3.8, 4) is 0 Å². The van der Waals surface area contributed by atoms with Gasteiger partial charge in [0, 0.05) is 24.3 Å². The van der Waals surface area contributed by atoms with Gasteiger partial charge in [0.05, 0.1) is 12.6 Å². The number of nitrogens with zero attached hydrogens (tertiary/aromatic N) is 1. The average Bonchev–Trinajstić information content (AvgIpc) is 2.48. The highest BCUT2D eigenvalue weighted by Gasteiger charge is 2.27. The molecule has 1 aliphatic heterocycles. The van der Waals surface area contributed by atoms with Crippen molar-refractivity contribution in [1.29, 1.82) is 0 Å². The molecule has 1 fully saturated rings. The zero-order valence-corrected chi connectivity index (χ0v) is 12.1. The van der Waals surface area contributed by atoms with Crippen LogP contribution in [0, 0.1) is 5.92 Å². The van der Waals surface area contributed by atoms with E-state index in [4.69, 9.17) is 5.73 Å². The smallest absolute Gasteiger partial charge is 0.251 e. The minimum absolute atomic E-state index is 0.0357. The van der Waals surface area contributed by atoms with Crippen molar-refractivity contribution in [2.75, 3.05) is 25.4 Å². The van der Waals surface area contributed by atoms with Gasteiger partial charge >= 0.3 is 0 Å². The number of aliphatic hydroxyl groups is 1. The summed E-state index contributed by atoms with van der Waals surface area (Å²) in [5.74, 6) is -0.360. The van der Waals surface area contributed by atoms with Crippen LogP contribution >= 0.6 is 0 Å². The van der Waals surface area contributed by atoms with Crippen molar-refractivity contribution in [2.24, 2.45) is 5.92 Å². The normalized spacial score (nSPS) is 21.9. The number of aliphatic hydroxyl groups excluding tert-OH is 1. The topological polar surface area (TPSA) is 95.7 Å². The summed E-state index contributed by atoms with van der Waals surface area (Å²) in [5.41, 5.74) is 6.62. The number of likely N-dealkylation sites (tertiary alicyclic amines) is 1. The predicted molar refractivity (Wildman–Crippen MR) is 79.6 cm³/mol. The molecule has 1 saturated heterocycles. The maximum absolute atomic E-state index is 12.0. The first-order chi connectivity index (χ1) is 9.97. The molecule has 4 N–H and O–H groups in total. The number of rotatable bonds is 3. The van der Waals surface area contributed by atoms with Crippen molar-refractivity contribution >= 4 is 17.5 Å². The monoisotopic (exact) mass is 291 g/mol. The molecule has 0 bridgehead atoms. The fourth-order valence-corrected chi connectivity index (χ4v) is 2.36. The second-order valence-corrected chi connectivity index (χ2v) is 5.48. The molecule has 1 heterocycles. The number of nitrogens with two attached hydrogens (primary N) is 1. The number of piperidine rings is 1. The van der Waals surface area contributed by atoms with E-state index in [1.807, 2.05) is 6.92 Å². The number of benzene rings is 1. The summed E-state index contributed by atoms with van der Waals surface area (Å²) in [6.07, 6.45) is 0.233. The van der Waals surface area contributed by atoms with Crippen molar-refractivity contribution in [1.82, 2.24) is 10.2 Å². The quantitative estimate of drug-likeness (QED) is 0.695. The van der Waals surface area contributed by atoms with E-state index in [2.05, 4.69) is 5.32 Å². The Morgan fingerprint density at radius 2 is 2.05 bits per heavy atom. The molecule has 0 spiro atoms. The van der Waals surface area contributed by atoms with Gasteiger partial charge in [0.25, 0.3) is 5.91 Å². The van der Waals surface area contributed by atoms with E-state index in [9.17, 15) is 14.7 Å². The third-order valence-corrected chi connectivity index (χ3v) is 3.79. The van der Waals surface area contributed by atoms with E-state index in [-0.39, 0.29) is 30.4 Å². The molecule has 0 aliphatic carbocycles. The number of nitrogen functional groups attached to an aromatic ring is 1. The summed E-state index contributed by atoms with van der Waals surface area (Å²) in [6, 6.07) is 6.53. The Balaban J connectivity index is 1.83. The molecule has 1 aromatic rings. The first-order valence-electron chi connectivity index (χ1n) is 7.07. The summed E-state index contributed by atoms with van der Waals surface area (Å²) in [5, 5.41) is 12.3. The highest BCUT2D eigenvalue weighted by Crippen LogP contribution is 2.16. The number of hydrogen-bond acceptors (Lipinski definition) is 4. The van der Waals surface area contributed by atoms with E-state index in [0.29, 0.717) is 30.8 Å². The number of nitrogens with one attached hydrogen (secondary N) is 1. The molecule has 2 atom stereocenters. The molecule has 114 valence electrons. The molecule has 0 radical (unpaired) electrons. The minimum Gasteiger partial charge on any atom is -0.399 e. The lowest BCUT2D eigenvalue weighted by Gasteiger charge is -2.34. The fourth-order valence-electron chi connectivity index (χ4n) is 2.36. The van der Waals surface area contributed by atoms with Crippen LogP contribution in [0.5, 0.6) is 0 Å². The summed E-state index contributed by atoms with van der Waals surface area (Å²) >= 11 is 0. The predicted octanol–water partition coefficient (Wildman–Crippen LogP) is 0.228. The van der Waals surface area contributed by atoms with E-state index >= 15 is 0 Å². The van der Waals surface area contributed by atoms with E-state index in [1.54, 1.807) is 29.2 Å². The van der Waals surface area contributed by atoms with Crippen molar-refractivity contribution in [3.05, 3.63) is 29.8 Å². The van der Waals surface area contributed by atoms with Crippen LogP contribution < -0.4 is 11.1 Å². The first-order valence-corrected chi connectivity index (χ1v) is 7.07. The Kier molecular flexibility index (Phi) is 4.80. The van der Waals surface area contributed by atoms with Crippen molar-refractivity contribution in [3.63, 3.8) is 0 Å². The second kappa shape index (κ2) is 6.58. The molecular weight excluding hydrogens is 270 g/mol. The van der Waals surface area contributed by atoms with Crippen LogP contribution in [0.15, 0.2) is 24.3 Å². The molecule has 6 nitrogen and oxygen atoms in total. The number of anilines is 1. The second-order valence-electron chi connectivity index (χ2n) is 5.48. The van der Waals surface area contributed by atoms with Crippen LogP contribution in [0.1, 0.15) is 23.7 Å². The van der Waals surface area contributed by atoms with Gasteiger partial charge in [-0.25, -0.2) is 0 Å². The highest BCUT2D eigenvalue weighted by molar-refractivity contribution is 5.96. The van der Waals surface area contributed by atoms with Crippen molar-refractivity contribution < 1.29 is 14.7 Å². The van der Waals surface area contributed by atoms with Gasteiger partial charge in [-0.15, -0.1) is 0 Å². The van der Waals surface area contributed by atoms with Crippen molar-refractivity contribution in [2.45, 2.75) is 19.4 Å². The van der Waals surface area contributed by atoms with Gasteiger partial charge in [0.1, 0.15) is 0 Å². The molecule has 6 heteroatoms. The third kappa shape index (κ3) is 3.95. The SMILES string of the molecule is CC1CN(C(=O)CNC(=O)c2ccc(N)cc2)CCC1O. The fraction of sp³-hybridized carbons (Fsp3) is 0.467. The lowest BCUT2D eigenvalue weighted by Crippen LogP contribution is -2.48. The molecule has 0 saturated carbocycles. The lowest BCUT2D eigenvalue weighted by molar-refractivity contribution is -0.133. The zero-order chi connectivity index (χ0) is 15.4. The highest BCUT2D eigenvalue weighted by atomic mass is 16.3. The van der Waals surface area contributed by atoms with Gasteiger partial charge in [0.15, 0.2) is 0 Å². The standard InChI is InChI=1S/C15H21N3O3/c1-10-9-18(7-6-13(10)19)14(20)8-17-15(21)11-2-4-12(16)5-3-11/h2-5,10,13,19H,6-9,16H2,1H3,(H,17,21). The maximum Gasteiger partial charge on any atom is 0.251 e. The largest absolute Gasteiger partial charge is 0.399 e. The van der Waals surface area contributed by atoms with E-state index in [1.165, 1.54) is 0 Å². The summed E-state index contributed by atoms with van der Waals surface area (Å²) in [6.45, 7) is 2.93. The summed E-state index contributed by atoms with van der Waals surface area (Å²) in [4.78, 5) is 25.6. The third-order valence-electron chi connectivity index (χ3n) is 3.79. The minimum atomic E-state index is -0.349. The number of carbonyl (C=O) groups is 2. The van der Waals surface area contributed by atoms with E-state index < -0.39 is 0 Å². The molecule has 1 aliphatic rings. The molecular formula is C15H21N3O3. The summed E-state index contributed by atoms with van der Waals surface area (Å²) in [7, 11) is 0. The van der Waals surface area contributed by atoms with Gasteiger partial charge in [-0.05, 0) is 36.6 Å².